The first-order valence-electron chi connectivity index (χ1n) is 9.79. The zero-order valence-electron chi connectivity index (χ0n) is 18.1. The minimum Gasteiger partial charge on any atom is -0.497 e. The third-order valence-corrected chi connectivity index (χ3v) is 5.40. The van der Waals surface area contributed by atoms with Crippen LogP contribution in [0.15, 0.2) is 58.5 Å². The van der Waals surface area contributed by atoms with Gasteiger partial charge in [0, 0.05) is 39.7 Å². The lowest BCUT2D eigenvalue weighted by Gasteiger charge is -2.19. The largest absolute Gasteiger partial charge is 0.497 e. The predicted octanol–water partition coefficient (Wildman–Crippen LogP) is 0.894. The van der Waals surface area contributed by atoms with Gasteiger partial charge < -0.3 is 14.6 Å². The van der Waals surface area contributed by atoms with Crippen LogP contribution in [0.5, 0.6) is 5.75 Å². The van der Waals surface area contributed by atoms with Gasteiger partial charge in [0.2, 0.25) is 0 Å². The number of rotatable bonds is 5. The van der Waals surface area contributed by atoms with Crippen LogP contribution < -0.4 is 21.3 Å². The first-order valence-corrected chi connectivity index (χ1v) is 9.79. The number of methoxy groups -OCH3 is 1. The highest BCUT2D eigenvalue weighted by Crippen LogP contribution is 2.23. The molecule has 0 saturated heterocycles. The fourth-order valence-corrected chi connectivity index (χ4v) is 3.55. The van der Waals surface area contributed by atoms with E-state index in [9.17, 15) is 14.4 Å². The van der Waals surface area contributed by atoms with E-state index in [0.717, 1.165) is 10.1 Å². The molecule has 4 aromatic rings. The molecule has 1 amide bonds. The molecular formula is C22H22N6O4. The average Bonchev–Trinajstić information content (AvgIpc) is 3.24. The van der Waals surface area contributed by atoms with Crippen molar-refractivity contribution in [3.05, 3.63) is 86.7 Å². The molecule has 0 aliphatic carbocycles. The first-order chi connectivity index (χ1) is 15.3. The maximum absolute atomic E-state index is 13.2. The van der Waals surface area contributed by atoms with Gasteiger partial charge >= 0.3 is 5.69 Å². The van der Waals surface area contributed by atoms with Crippen LogP contribution in [-0.4, -0.2) is 36.7 Å². The van der Waals surface area contributed by atoms with Gasteiger partial charge in [-0.05, 0) is 23.8 Å². The molecule has 4 rings (SSSR count). The summed E-state index contributed by atoms with van der Waals surface area (Å²) >= 11 is 0. The number of benzene rings is 1. The molecule has 0 fully saturated rings. The van der Waals surface area contributed by atoms with E-state index in [1.807, 2.05) is 23.7 Å². The number of ether oxygens (including phenoxy) is 1. The number of carbonyl (C=O) groups excluding carboxylic acids is 1. The molecule has 0 saturated carbocycles. The van der Waals surface area contributed by atoms with E-state index in [1.165, 1.54) is 30.9 Å². The van der Waals surface area contributed by atoms with Crippen LogP contribution in [0, 0.1) is 0 Å². The number of imidazole rings is 1. The second kappa shape index (κ2) is 8.14. The molecule has 0 aliphatic heterocycles. The molecule has 0 spiro atoms. The molecule has 164 valence electrons. The van der Waals surface area contributed by atoms with Gasteiger partial charge in [-0.3, -0.25) is 18.7 Å². The molecule has 10 heteroatoms. The van der Waals surface area contributed by atoms with Crippen LogP contribution >= 0.6 is 0 Å². The number of hydrogen-bond acceptors (Lipinski definition) is 6. The second-order valence-electron chi connectivity index (χ2n) is 7.38. The van der Waals surface area contributed by atoms with Crippen LogP contribution in [-0.2, 0) is 21.1 Å². The van der Waals surface area contributed by atoms with Crippen LogP contribution in [0.1, 0.15) is 27.8 Å². The molecule has 3 aromatic heterocycles. The van der Waals surface area contributed by atoms with E-state index in [-0.39, 0.29) is 16.6 Å². The van der Waals surface area contributed by atoms with E-state index in [1.54, 1.807) is 31.6 Å². The molecule has 1 aromatic carbocycles. The van der Waals surface area contributed by atoms with Gasteiger partial charge in [0.05, 0.1) is 18.1 Å². The number of nitrogens with zero attached hydrogens (tertiary/aromatic N) is 5. The van der Waals surface area contributed by atoms with Crippen molar-refractivity contribution in [2.24, 2.45) is 21.1 Å². The van der Waals surface area contributed by atoms with Gasteiger partial charge in [0.1, 0.15) is 23.3 Å². The van der Waals surface area contributed by atoms with Crippen molar-refractivity contribution >= 4 is 16.9 Å². The molecule has 3 heterocycles. The monoisotopic (exact) mass is 434 g/mol. The van der Waals surface area contributed by atoms with Gasteiger partial charge in [0.25, 0.3) is 11.5 Å². The van der Waals surface area contributed by atoms with Crippen molar-refractivity contribution in [2.75, 3.05) is 7.11 Å². The molecule has 10 nitrogen and oxygen atoms in total. The predicted molar refractivity (Wildman–Crippen MR) is 118 cm³/mol. The lowest BCUT2D eigenvalue weighted by atomic mass is 10.0. The lowest BCUT2D eigenvalue weighted by molar-refractivity contribution is 0.0941. The second-order valence-corrected chi connectivity index (χ2v) is 7.38. The number of aromatic nitrogens is 5. The van der Waals surface area contributed by atoms with E-state index in [2.05, 4.69) is 15.3 Å². The molecule has 0 aliphatic rings. The Kier molecular flexibility index (Phi) is 5.35. The van der Waals surface area contributed by atoms with Gasteiger partial charge in [-0.15, -0.1) is 0 Å². The topological polar surface area (TPSA) is 113 Å². The Balaban J connectivity index is 1.75. The van der Waals surface area contributed by atoms with Crippen molar-refractivity contribution in [3.63, 3.8) is 0 Å². The Morgan fingerprint density at radius 1 is 1.06 bits per heavy atom. The third kappa shape index (κ3) is 3.55. The van der Waals surface area contributed by atoms with Crippen molar-refractivity contribution in [1.82, 2.24) is 29.0 Å². The molecule has 0 unspecified atom stereocenters. The van der Waals surface area contributed by atoms with Crippen molar-refractivity contribution in [1.29, 1.82) is 0 Å². The maximum atomic E-state index is 13.2. The number of carbonyl (C=O) groups is 1. The van der Waals surface area contributed by atoms with E-state index in [0.29, 0.717) is 11.6 Å². The van der Waals surface area contributed by atoms with Gasteiger partial charge in [-0.2, -0.15) is 0 Å². The van der Waals surface area contributed by atoms with E-state index >= 15 is 0 Å². The summed E-state index contributed by atoms with van der Waals surface area (Å²) in [6, 6.07) is 8.21. The van der Waals surface area contributed by atoms with Crippen LogP contribution in [0.2, 0.25) is 0 Å². The highest BCUT2D eigenvalue weighted by atomic mass is 16.5. The molecule has 1 N–H and O–H groups in total. The summed E-state index contributed by atoms with van der Waals surface area (Å²) in [5.74, 6) is 0.897. The average molecular weight is 434 g/mol. The SMILES string of the molecule is COc1ccc([C@H](NC(=O)c2cnc3c(c2)c(=O)n(C)c(=O)n3C)c2nccn2C)cc1. The Morgan fingerprint density at radius 3 is 2.41 bits per heavy atom. The highest BCUT2D eigenvalue weighted by molar-refractivity contribution is 5.97. The Bertz CT molecular complexity index is 1430. The van der Waals surface area contributed by atoms with Gasteiger partial charge in [-0.1, -0.05) is 12.1 Å². The zero-order chi connectivity index (χ0) is 23.0. The van der Waals surface area contributed by atoms with Crippen LogP contribution in [0.25, 0.3) is 11.0 Å². The Morgan fingerprint density at radius 2 is 1.78 bits per heavy atom. The van der Waals surface area contributed by atoms with Crippen molar-refractivity contribution in [2.45, 2.75) is 6.04 Å². The fourth-order valence-electron chi connectivity index (χ4n) is 3.55. The maximum Gasteiger partial charge on any atom is 0.332 e. The summed E-state index contributed by atoms with van der Waals surface area (Å²) in [6.07, 6.45) is 4.79. The minimum absolute atomic E-state index is 0.181. The normalized spacial score (nSPS) is 12.0. The quantitative estimate of drug-likeness (QED) is 0.499. The molecule has 1 atom stereocenters. The summed E-state index contributed by atoms with van der Waals surface area (Å²) in [4.78, 5) is 46.4. The summed E-state index contributed by atoms with van der Waals surface area (Å²) in [5, 5.41) is 3.16. The highest BCUT2D eigenvalue weighted by Gasteiger charge is 2.22. The van der Waals surface area contributed by atoms with Crippen LogP contribution in [0.4, 0.5) is 0 Å². The zero-order valence-corrected chi connectivity index (χ0v) is 18.1. The fraction of sp³-hybridized carbons (Fsp3) is 0.227. The molecule has 32 heavy (non-hydrogen) atoms. The van der Waals surface area contributed by atoms with Crippen molar-refractivity contribution < 1.29 is 9.53 Å². The number of nitrogens with one attached hydrogen (secondary N) is 1. The smallest absolute Gasteiger partial charge is 0.332 e. The number of pyridine rings is 1. The number of aryl methyl sites for hydroxylation is 2. The number of fused-ring (bicyclic) bond motifs is 1. The van der Waals surface area contributed by atoms with Crippen molar-refractivity contribution in [3.8, 4) is 5.75 Å². The Labute approximate surface area is 182 Å². The van der Waals surface area contributed by atoms with E-state index in [4.69, 9.17) is 4.74 Å². The number of hydrogen-bond donors (Lipinski definition) is 1. The van der Waals surface area contributed by atoms with Crippen LogP contribution in [0.3, 0.4) is 0 Å². The van der Waals surface area contributed by atoms with E-state index < -0.39 is 23.2 Å². The summed E-state index contributed by atoms with van der Waals surface area (Å²) in [7, 11) is 6.34. The summed E-state index contributed by atoms with van der Waals surface area (Å²) in [6.45, 7) is 0. The van der Waals surface area contributed by atoms with Gasteiger partial charge in [-0.25, -0.2) is 14.8 Å². The molecule has 0 radical (unpaired) electrons. The van der Waals surface area contributed by atoms with Gasteiger partial charge in [0.15, 0.2) is 0 Å². The standard InChI is InChI=1S/C22H22N6O4/c1-26-10-9-23-19(26)17(13-5-7-15(32-4)8-6-13)25-20(29)14-11-16-18(24-12-14)27(2)22(31)28(3)21(16)30/h5-12,17H,1-4H3,(H,25,29)/t17-/m0/s1. The molecule has 0 bridgehead atoms. The minimum atomic E-state index is -0.549. The molecular weight excluding hydrogens is 412 g/mol. The number of amides is 1. The first kappa shape index (κ1) is 21.0. The summed E-state index contributed by atoms with van der Waals surface area (Å²) < 4.78 is 9.30. The Hall–Kier alpha value is -4.21. The third-order valence-electron chi connectivity index (χ3n) is 5.40. The lowest BCUT2D eigenvalue weighted by Crippen LogP contribution is -2.37. The summed E-state index contributed by atoms with van der Waals surface area (Å²) in [5.41, 5.74) is 0.217.